The lowest BCUT2D eigenvalue weighted by Gasteiger charge is -2.20. The van der Waals surface area contributed by atoms with Crippen LogP contribution in [0.25, 0.3) is 0 Å². The van der Waals surface area contributed by atoms with E-state index in [1.54, 1.807) is 25.0 Å². The molecule has 0 bridgehead atoms. The number of nitrogens with one attached hydrogen (secondary N) is 1. The molecular weight excluding hydrogens is 286 g/mol. The molecule has 1 aromatic heterocycles. The summed E-state index contributed by atoms with van der Waals surface area (Å²) in [7, 11) is 1.62. The van der Waals surface area contributed by atoms with E-state index in [1.807, 2.05) is 11.6 Å². The molecule has 1 rings (SSSR count). The SMILES string of the molecule is CSCC[C@H](NC(=O)N(C)Cc1nccs1)C(=O)O. The van der Waals surface area contributed by atoms with Crippen molar-refractivity contribution in [2.24, 2.45) is 0 Å². The van der Waals surface area contributed by atoms with Gasteiger partial charge >= 0.3 is 12.0 Å². The molecule has 0 aromatic carbocycles. The third-order valence-electron chi connectivity index (χ3n) is 2.41. The molecular formula is C11H17N3O3S2. The van der Waals surface area contributed by atoms with Crippen molar-refractivity contribution in [1.82, 2.24) is 15.2 Å². The van der Waals surface area contributed by atoms with E-state index in [9.17, 15) is 9.59 Å². The van der Waals surface area contributed by atoms with E-state index in [4.69, 9.17) is 5.11 Å². The zero-order valence-electron chi connectivity index (χ0n) is 10.8. The Balaban J connectivity index is 2.48. The molecule has 0 radical (unpaired) electrons. The van der Waals surface area contributed by atoms with Crippen LogP contribution >= 0.6 is 23.1 Å². The first-order valence-electron chi connectivity index (χ1n) is 5.66. The van der Waals surface area contributed by atoms with Crippen LogP contribution < -0.4 is 5.32 Å². The number of hydrogen-bond acceptors (Lipinski definition) is 5. The minimum atomic E-state index is -1.01. The average molecular weight is 303 g/mol. The van der Waals surface area contributed by atoms with E-state index < -0.39 is 18.0 Å². The highest BCUT2D eigenvalue weighted by Gasteiger charge is 2.21. The Morgan fingerprint density at radius 2 is 2.37 bits per heavy atom. The lowest BCUT2D eigenvalue weighted by Crippen LogP contribution is -2.46. The maximum atomic E-state index is 11.9. The van der Waals surface area contributed by atoms with E-state index in [2.05, 4.69) is 10.3 Å². The van der Waals surface area contributed by atoms with Gasteiger partial charge in [-0.15, -0.1) is 11.3 Å². The van der Waals surface area contributed by atoms with Crippen LogP contribution in [0.4, 0.5) is 4.79 Å². The first-order valence-corrected chi connectivity index (χ1v) is 7.93. The average Bonchev–Trinajstić information content (AvgIpc) is 2.86. The van der Waals surface area contributed by atoms with Gasteiger partial charge in [0.1, 0.15) is 11.0 Å². The van der Waals surface area contributed by atoms with Crippen LogP contribution in [0, 0.1) is 0 Å². The Kier molecular flexibility index (Phi) is 6.65. The summed E-state index contributed by atoms with van der Waals surface area (Å²) in [5.41, 5.74) is 0. The molecule has 0 saturated carbocycles. The van der Waals surface area contributed by atoms with Gasteiger partial charge in [0.05, 0.1) is 6.54 Å². The standard InChI is InChI=1S/C11H17N3O3S2/c1-14(7-9-12-4-6-19-9)11(17)13-8(10(15)16)3-5-18-2/h4,6,8H,3,5,7H2,1-2H3,(H,13,17)(H,15,16)/t8-/m0/s1. The molecule has 2 N–H and O–H groups in total. The maximum Gasteiger partial charge on any atom is 0.326 e. The Bertz CT molecular complexity index is 411. The molecule has 1 atom stereocenters. The highest BCUT2D eigenvalue weighted by atomic mass is 32.2. The summed E-state index contributed by atoms with van der Waals surface area (Å²) in [5.74, 6) is -0.321. The summed E-state index contributed by atoms with van der Waals surface area (Å²) < 4.78 is 0. The van der Waals surface area contributed by atoms with Crippen LogP contribution in [0.2, 0.25) is 0 Å². The summed E-state index contributed by atoms with van der Waals surface area (Å²) in [6.07, 6.45) is 3.98. The topological polar surface area (TPSA) is 82.5 Å². The van der Waals surface area contributed by atoms with Gasteiger partial charge in [0.15, 0.2) is 0 Å². The van der Waals surface area contributed by atoms with Crippen molar-refractivity contribution >= 4 is 35.1 Å². The largest absolute Gasteiger partial charge is 0.480 e. The second kappa shape index (κ2) is 8.00. The smallest absolute Gasteiger partial charge is 0.326 e. The van der Waals surface area contributed by atoms with E-state index in [1.165, 1.54) is 16.2 Å². The van der Waals surface area contributed by atoms with Gasteiger partial charge < -0.3 is 15.3 Å². The van der Waals surface area contributed by atoms with Crippen molar-refractivity contribution in [1.29, 1.82) is 0 Å². The lowest BCUT2D eigenvalue weighted by atomic mass is 10.2. The van der Waals surface area contributed by atoms with E-state index in [-0.39, 0.29) is 0 Å². The Morgan fingerprint density at radius 3 is 2.89 bits per heavy atom. The summed E-state index contributed by atoms with van der Waals surface area (Å²) in [4.78, 5) is 28.4. The number of thioether (sulfide) groups is 1. The quantitative estimate of drug-likeness (QED) is 0.797. The highest BCUT2D eigenvalue weighted by molar-refractivity contribution is 7.98. The number of hydrogen-bond donors (Lipinski definition) is 2. The summed E-state index contributed by atoms with van der Waals surface area (Å²) in [5, 5.41) is 14.2. The summed E-state index contributed by atoms with van der Waals surface area (Å²) >= 11 is 3.01. The number of carbonyl (C=O) groups is 2. The molecule has 1 heterocycles. The Morgan fingerprint density at radius 1 is 1.63 bits per heavy atom. The molecule has 19 heavy (non-hydrogen) atoms. The van der Waals surface area contributed by atoms with Crippen molar-refractivity contribution in [3.8, 4) is 0 Å². The number of carboxylic acids is 1. The lowest BCUT2D eigenvalue weighted by molar-refractivity contribution is -0.139. The molecule has 0 unspecified atom stereocenters. The molecule has 1 aromatic rings. The molecule has 0 saturated heterocycles. The highest BCUT2D eigenvalue weighted by Crippen LogP contribution is 2.07. The number of carboxylic acid groups (broad SMARTS) is 1. The minimum Gasteiger partial charge on any atom is -0.480 e. The van der Waals surface area contributed by atoms with Gasteiger partial charge in [-0.2, -0.15) is 11.8 Å². The van der Waals surface area contributed by atoms with Crippen LogP contribution in [-0.4, -0.2) is 52.1 Å². The zero-order valence-corrected chi connectivity index (χ0v) is 12.5. The zero-order chi connectivity index (χ0) is 14.3. The molecule has 0 aliphatic heterocycles. The van der Waals surface area contributed by atoms with Crippen molar-refractivity contribution in [3.05, 3.63) is 16.6 Å². The molecule has 0 aliphatic rings. The number of carbonyl (C=O) groups excluding carboxylic acids is 1. The van der Waals surface area contributed by atoms with E-state index in [0.29, 0.717) is 18.7 Å². The van der Waals surface area contributed by atoms with Crippen LogP contribution in [0.3, 0.4) is 0 Å². The molecule has 0 fully saturated rings. The predicted octanol–water partition coefficient (Wildman–Crippen LogP) is 1.49. The molecule has 8 heteroatoms. The Labute approximate surface area is 120 Å². The van der Waals surface area contributed by atoms with Crippen LogP contribution in [0.5, 0.6) is 0 Å². The fourth-order valence-electron chi connectivity index (χ4n) is 1.36. The maximum absolute atomic E-state index is 11.9. The van der Waals surface area contributed by atoms with Gasteiger partial charge in [-0.3, -0.25) is 0 Å². The number of aromatic nitrogens is 1. The van der Waals surface area contributed by atoms with E-state index >= 15 is 0 Å². The number of amides is 2. The fraction of sp³-hybridized carbons (Fsp3) is 0.545. The normalized spacial score (nSPS) is 11.9. The van der Waals surface area contributed by atoms with Crippen molar-refractivity contribution in [3.63, 3.8) is 0 Å². The monoisotopic (exact) mass is 303 g/mol. The first kappa shape index (κ1) is 15.8. The van der Waals surface area contributed by atoms with Gasteiger partial charge in [0.2, 0.25) is 0 Å². The first-order chi connectivity index (χ1) is 9.04. The number of aliphatic carboxylic acids is 1. The van der Waals surface area contributed by atoms with Crippen molar-refractivity contribution < 1.29 is 14.7 Å². The van der Waals surface area contributed by atoms with Crippen molar-refractivity contribution in [2.45, 2.75) is 19.0 Å². The number of rotatable bonds is 7. The van der Waals surface area contributed by atoms with Gasteiger partial charge in [-0.05, 0) is 18.4 Å². The van der Waals surface area contributed by atoms with Gasteiger partial charge in [0.25, 0.3) is 0 Å². The summed E-state index contributed by atoms with van der Waals surface area (Å²) in [6, 6.07) is -1.25. The van der Waals surface area contributed by atoms with Gasteiger partial charge in [0, 0.05) is 18.6 Å². The van der Waals surface area contributed by atoms with Gasteiger partial charge in [-0.1, -0.05) is 0 Å². The molecule has 0 aliphatic carbocycles. The number of urea groups is 1. The number of thiazole rings is 1. The molecule has 2 amide bonds. The van der Waals surface area contributed by atoms with Crippen LogP contribution in [-0.2, 0) is 11.3 Å². The van der Waals surface area contributed by atoms with Crippen LogP contribution in [0.1, 0.15) is 11.4 Å². The molecule has 0 spiro atoms. The Hall–Kier alpha value is -1.28. The number of nitrogens with zero attached hydrogens (tertiary/aromatic N) is 2. The summed E-state index contributed by atoms with van der Waals surface area (Å²) in [6.45, 7) is 0.373. The predicted molar refractivity (Wildman–Crippen MR) is 76.5 cm³/mol. The fourth-order valence-corrected chi connectivity index (χ4v) is 2.50. The van der Waals surface area contributed by atoms with Crippen LogP contribution in [0.15, 0.2) is 11.6 Å². The van der Waals surface area contributed by atoms with Gasteiger partial charge in [-0.25, -0.2) is 14.6 Å². The van der Waals surface area contributed by atoms with E-state index in [0.717, 1.165) is 5.01 Å². The second-order valence-corrected chi connectivity index (χ2v) is 5.87. The third-order valence-corrected chi connectivity index (χ3v) is 3.82. The second-order valence-electron chi connectivity index (χ2n) is 3.90. The minimum absolute atomic E-state index is 0.373. The molecule has 106 valence electrons. The third kappa shape index (κ3) is 5.48. The molecule has 6 nitrogen and oxygen atoms in total. The van der Waals surface area contributed by atoms with Crippen molar-refractivity contribution in [2.75, 3.05) is 19.1 Å².